The summed E-state index contributed by atoms with van der Waals surface area (Å²) in [6.45, 7) is 4.31. The fraction of sp³-hybridized carbons (Fsp3) is 0.818. The number of carbonyl (C=O) groups excluding carboxylic acids is 2. The Hall–Kier alpha value is -1.00. The highest BCUT2D eigenvalue weighted by molar-refractivity contribution is 5.88. The second-order valence-electron chi connectivity index (χ2n) is 4.40. The summed E-state index contributed by atoms with van der Waals surface area (Å²) in [5.74, 6) is -5.33. The highest BCUT2D eigenvalue weighted by atomic mass is 19.3. The Morgan fingerprint density at radius 2 is 1.88 bits per heavy atom. The van der Waals surface area contributed by atoms with Crippen LogP contribution in [0.3, 0.4) is 0 Å². The van der Waals surface area contributed by atoms with E-state index in [4.69, 9.17) is 0 Å². The number of hydrogen-bond donors (Lipinski definition) is 0. The van der Waals surface area contributed by atoms with Crippen LogP contribution >= 0.6 is 0 Å². The summed E-state index contributed by atoms with van der Waals surface area (Å²) < 4.78 is 26.5. The van der Waals surface area contributed by atoms with E-state index in [9.17, 15) is 18.4 Å². The van der Waals surface area contributed by atoms with Crippen molar-refractivity contribution in [3.8, 4) is 0 Å². The third-order valence-electron chi connectivity index (χ3n) is 3.35. The second kappa shape index (κ2) is 4.11. The molecule has 1 aliphatic rings. The van der Waals surface area contributed by atoms with Crippen molar-refractivity contribution in [2.45, 2.75) is 39.2 Å². The lowest BCUT2D eigenvalue weighted by Crippen LogP contribution is -2.44. The lowest BCUT2D eigenvalue weighted by Gasteiger charge is -2.26. The molecule has 1 aliphatic carbocycles. The van der Waals surface area contributed by atoms with E-state index in [-0.39, 0.29) is 18.1 Å². The number of halogens is 2. The van der Waals surface area contributed by atoms with Crippen molar-refractivity contribution in [3.05, 3.63) is 0 Å². The first kappa shape index (κ1) is 13.1. The molecule has 0 heterocycles. The van der Waals surface area contributed by atoms with Crippen molar-refractivity contribution in [2.24, 2.45) is 11.8 Å². The SMILES string of the molecule is CCC(=O)N(C)C(C(C)=O)[C@@H]1[C@H](C)C1(F)F. The summed E-state index contributed by atoms with van der Waals surface area (Å²) in [7, 11) is 1.42. The third-order valence-corrected chi connectivity index (χ3v) is 3.35. The van der Waals surface area contributed by atoms with E-state index in [1.807, 2.05) is 0 Å². The second-order valence-corrected chi connectivity index (χ2v) is 4.40. The molecule has 5 heteroatoms. The molecule has 92 valence electrons. The van der Waals surface area contributed by atoms with Gasteiger partial charge >= 0.3 is 0 Å². The van der Waals surface area contributed by atoms with Crippen LogP contribution in [0.15, 0.2) is 0 Å². The molecule has 0 aromatic carbocycles. The summed E-state index contributed by atoms with van der Waals surface area (Å²) in [4.78, 5) is 24.0. The van der Waals surface area contributed by atoms with Crippen LogP contribution < -0.4 is 0 Å². The third kappa shape index (κ3) is 1.95. The number of ketones is 1. The van der Waals surface area contributed by atoms with Crippen LogP contribution in [-0.4, -0.2) is 35.6 Å². The number of hydrogen-bond acceptors (Lipinski definition) is 2. The van der Waals surface area contributed by atoms with Crippen LogP contribution in [0.25, 0.3) is 0 Å². The van der Waals surface area contributed by atoms with Crippen molar-refractivity contribution in [2.75, 3.05) is 7.05 Å². The zero-order valence-corrected chi connectivity index (χ0v) is 9.96. The first-order valence-electron chi connectivity index (χ1n) is 5.39. The Morgan fingerprint density at radius 1 is 1.44 bits per heavy atom. The Kier molecular flexibility index (Phi) is 3.35. The van der Waals surface area contributed by atoms with Gasteiger partial charge in [0.25, 0.3) is 5.92 Å². The fourth-order valence-corrected chi connectivity index (χ4v) is 2.16. The Bertz CT molecular complexity index is 317. The zero-order valence-electron chi connectivity index (χ0n) is 9.96. The van der Waals surface area contributed by atoms with Gasteiger partial charge in [0.1, 0.15) is 0 Å². The summed E-state index contributed by atoms with van der Waals surface area (Å²) in [5, 5.41) is 0. The molecule has 0 aliphatic heterocycles. The van der Waals surface area contributed by atoms with E-state index in [1.54, 1.807) is 6.92 Å². The average molecular weight is 233 g/mol. The Balaban J connectivity index is 2.86. The van der Waals surface area contributed by atoms with Crippen molar-refractivity contribution >= 4 is 11.7 Å². The van der Waals surface area contributed by atoms with Crippen molar-refractivity contribution in [3.63, 3.8) is 0 Å². The highest BCUT2D eigenvalue weighted by Gasteiger charge is 2.69. The number of Topliss-reactive ketones (excluding diaryl/α,β-unsaturated/α-hetero) is 1. The maximum atomic E-state index is 13.2. The molecule has 0 N–H and O–H groups in total. The van der Waals surface area contributed by atoms with Gasteiger partial charge < -0.3 is 4.90 Å². The molecule has 0 aromatic heterocycles. The quantitative estimate of drug-likeness (QED) is 0.741. The van der Waals surface area contributed by atoms with Gasteiger partial charge in [0.2, 0.25) is 5.91 Å². The van der Waals surface area contributed by atoms with Gasteiger partial charge in [-0.1, -0.05) is 13.8 Å². The number of rotatable bonds is 4. The summed E-state index contributed by atoms with van der Waals surface area (Å²) in [6, 6.07) is -0.988. The smallest absolute Gasteiger partial charge is 0.256 e. The number of amides is 1. The average Bonchev–Trinajstić information content (AvgIpc) is 2.67. The first-order chi connectivity index (χ1) is 7.25. The van der Waals surface area contributed by atoms with Crippen molar-refractivity contribution < 1.29 is 18.4 Å². The number of carbonyl (C=O) groups is 2. The summed E-state index contributed by atoms with van der Waals surface area (Å²) >= 11 is 0. The molecule has 0 spiro atoms. The number of likely N-dealkylation sites (N-methyl/N-ethyl adjacent to an activating group) is 1. The largest absolute Gasteiger partial charge is 0.335 e. The summed E-state index contributed by atoms with van der Waals surface area (Å²) in [6.07, 6.45) is 0.215. The molecule has 1 fully saturated rings. The van der Waals surface area contributed by atoms with Crippen LogP contribution in [0.4, 0.5) is 8.78 Å². The molecule has 16 heavy (non-hydrogen) atoms. The molecule has 3 atom stereocenters. The van der Waals surface area contributed by atoms with Gasteiger partial charge in [0.15, 0.2) is 5.78 Å². The van der Waals surface area contributed by atoms with Gasteiger partial charge in [0, 0.05) is 19.4 Å². The van der Waals surface area contributed by atoms with E-state index in [2.05, 4.69) is 0 Å². The predicted molar refractivity (Wildman–Crippen MR) is 55.1 cm³/mol. The van der Waals surface area contributed by atoms with Gasteiger partial charge in [-0.25, -0.2) is 8.78 Å². The minimum absolute atomic E-state index is 0.215. The monoisotopic (exact) mass is 233 g/mol. The van der Waals surface area contributed by atoms with Gasteiger partial charge in [0.05, 0.1) is 12.0 Å². The van der Waals surface area contributed by atoms with E-state index >= 15 is 0 Å². The van der Waals surface area contributed by atoms with Gasteiger partial charge in [-0.3, -0.25) is 9.59 Å². The van der Waals surface area contributed by atoms with Crippen molar-refractivity contribution in [1.29, 1.82) is 0 Å². The number of alkyl halides is 2. The van der Waals surface area contributed by atoms with E-state index in [1.165, 1.54) is 20.9 Å². The van der Waals surface area contributed by atoms with Gasteiger partial charge in [-0.15, -0.1) is 0 Å². The van der Waals surface area contributed by atoms with E-state index < -0.39 is 23.8 Å². The summed E-state index contributed by atoms with van der Waals surface area (Å²) in [5.41, 5.74) is 0. The van der Waals surface area contributed by atoms with E-state index in [0.29, 0.717) is 0 Å². The minimum atomic E-state index is -2.82. The Morgan fingerprint density at radius 3 is 2.12 bits per heavy atom. The molecule has 1 unspecified atom stereocenters. The maximum absolute atomic E-state index is 13.2. The van der Waals surface area contributed by atoms with E-state index in [0.717, 1.165) is 4.90 Å². The molecule has 1 saturated carbocycles. The minimum Gasteiger partial charge on any atom is -0.335 e. The molecular formula is C11H17F2NO2. The first-order valence-corrected chi connectivity index (χ1v) is 5.39. The van der Waals surface area contributed by atoms with Gasteiger partial charge in [-0.2, -0.15) is 0 Å². The number of nitrogens with zero attached hydrogens (tertiary/aromatic N) is 1. The topological polar surface area (TPSA) is 37.4 Å². The molecule has 0 radical (unpaired) electrons. The lowest BCUT2D eigenvalue weighted by molar-refractivity contribution is -0.138. The molecule has 0 aromatic rings. The van der Waals surface area contributed by atoms with Gasteiger partial charge in [-0.05, 0) is 6.92 Å². The van der Waals surface area contributed by atoms with Crippen molar-refractivity contribution in [1.82, 2.24) is 4.90 Å². The molecular weight excluding hydrogens is 216 g/mol. The fourth-order valence-electron chi connectivity index (χ4n) is 2.16. The predicted octanol–water partition coefficient (Wildman–Crippen LogP) is 1.71. The highest BCUT2D eigenvalue weighted by Crippen LogP contribution is 2.57. The van der Waals surface area contributed by atoms with Crippen LogP contribution in [0.1, 0.15) is 27.2 Å². The standard InChI is InChI=1S/C11H17F2NO2/c1-5-8(16)14(4)10(7(3)15)9-6(2)11(9,12)13/h6,9-10H,5H2,1-4H3/t6-,9-,10?/m0/s1. The van der Waals surface area contributed by atoms with Crippen LogP contribution in [0, 0.1) is 11.8 Å². The van der Waals surface area contributed by atoms with Crippen LogP contribution in [0.2, 0.25) is 0 Å². The normalized spacial score (nSPS) is 28.4. The molecule has 1 rings (SSSR count). The zero-order chi connectivity index (χ0) is 12.7. The Labute approximate surface area is 93.8 Å². The molecule has 3 nitrogen and oxygen atoms in total. The van der Waals surface area contributed by atoms with Crippen LogP contribution in [-0.2, 0) is 9.59 Å². The van der Waals surface area contributed by atoms with Crippen LogP contribution in [0.5, 0.6) is 0 Å². The molecule has 0 saturated heterocycles. The maximum Gasteiger partial charge on any atom is 0.256 e. The molecule has 1 amide bonds. The molecule has 0 bridgehead atoms. The lowest BCUT2D eigenvalue weighted by atomic mass is 10.1.